The van der Waals surface area contributed by atoms with Crippen molar-refractivity contribution in [2.45, 2.75) is 5.37 Å². The molecule has 0 aliphatic carbocycles. The van der Waals surface area contributed by atoms with Crippen molar-refractivity contribution in [2.75, 3.05) is 19.4 Å². The summed E-state index contributed by atoms with van der Waals surface area (Å²) in [6, 6.07) is 0. The van der Waals surface area contributed by atoms with Gasteiger partial charge in [0, 0.05) is 12.3 Å². The molecule has 1 rings (SSSR count). The van der Waals surface area contributed by atoms with Crippen LogP contribution in [-0.4, -0.2) is 30.8 Å². The Balaban J connectivity index is 2.32. The zero-order chi connectivity index (χ0) is 6.69. The molecule has 1 saturated heterocycles. The molecular formula is C5H9NO2S. The molecule has 4 heteroatoms. The van der Waals surface area contributed by atoms with Crippen molar-refractivity contribution in [1.82, 2.24) is 5.32 Å². The monoisotopic (exact) mass is 147 g/mol. The lowest BCUT2D eigenvalue weighted by molar-refractivity contribution is -0.140. The Morgan fingerprint density at radius 1 is 1.89 bits per heavy atom. The second-order valence-electron chi connectivity index (χ2n) is 1.73. The fourth-order valence-corrected chi connectivity index (χ4v) is 1.62. The van der Waals surface area contributed by atoms with E-state index in [1.807, 2.05) is 0 Å². The predicted molar refractivity (Wildman–Crippen MR) is 36.3 cm³/mol. The maximum atomic E-state index is 10.7. The summed E-state index contributed by atoms with van der Waals surface area (Å²) in [5.41, 5.74) is 0. The van der Waals surface area contributed by atoms with Crippen molar-refractivity contribution < 1.29 is 9.53 Å². The fourth-order valence-electron chi connectivity index (χ4n) is 0.684. The van der Waals surface area contributed by atoms with Gasteiger partial charge in [0.05, 0.1) is 7.11 Å². The van der Waals surface area contributed by atoms with Gasteiger partial charge >= 0.3 is 5.97 Å². The van der Waals surface area contributed by atoms with E-state index >= 15 is 0 Å². The van der Waals surface area contributed by atoms with Crippen LogP contribution >= 0.6 is 11.8 Å². The number of thioether (sulfide) groups is 1. The van der Waals surface area contributed by atoms with Crippen molar-refractivity contribution in [3.05, 3.63) is 0 Å². The van der Waals surface area contributed by atoms with Gasteiger partial charge in [-0.2, -0.15) is 0 Å². The number of ether oxygens (including phenoxy) is 1. The first-order valence-electron chi connectivity index (χ1n) is 2.77. The quantitative estimate of drug-likeness (QED) is 0.522. The largest absolute Gasteiger partial charge is 0.467 e. The highest BCUT2D eigenvalue weighted by molar-refractivity contribution is 8.00. The smallest absolute Gasteiger partial charge is 0.333 e. The number of carbonyl (C=O) groups excluding carboxylic acids is 1. The summed E-state index contributed by atoms with van der Waals surface area (Å²) in [5, 5.41) is 2.88. The van der Waals surface area contributed by atoms with Crippen LogP contribution in [0.15, 0.2) is 0 Å². The van der Waals surface area contributed by atoms with Crippen molar-refractivity contribution >= 4 is 17.7 Å². The molecule has 0 aromatic carbocycles. The van der Waals surface area contributed by atoms with Crippen LogP contribution in [0, 0.1) is 0 Å². The molecule has 1 aliphatic heterocycles. The second kappa shape index (κ2) is 3.08. The van der Waals surface area contributed by atoms with Gasteiger partial charge in [0.2, 0.25) is 0 Å². The maximum absolute atomic E-state index is 10.7. The lowest BCUT2D eigenvalue weighted by Crippen LogP contribution is -2.29. The molecule has 0 radical (unpaired) electrons. The molecule has 0 spiro atoms. The first-order chi connectivity index (χ1) is 4.34. The van der Waals surface area contributed by atoms with Crippen LogP contribution in [0.5, 0.6) is 0 Å². The summed E-state index contributed by atoms with van der Waals surface area (Å²) in [7, 11) is 1.41. The van der Waals surface area contributed by atoms with Crippen molar-refractivity contribution in [1.29, 1.82) is 0 Å². The number of carbonyl (C=O) groups is 1. The van der Waals surface area contributed by atoms with E-state index in [1.54, 1.807) is 11.8 Å². The molecule has 1 fully saturated rings. The number of hydrogen-bond donors (Lipinski definition) is 1. The third-order valence-electron chi connectivity index (χ3n) is 1.13. The molecule has 1 atom stereocenters. The molecule has 0 saturated carbocycles. The van der Waals surface area contributed by atoms with E-state index in [-0.39, 0.29) is 11.3 Å². The Morgan fingerprint density at radius 3 is 3.11 bits per heavy atom. The van der Waals surface area contributed by atoms with E-state index in [9.17, 15) is 4.79 Å². The van der Waals surface area contributed by atoms with E-state index < -0.39 is 0 Å². The standard InChI is InChI=1S/C5H9NO2S/c1-8-5(7)4-6-2-3-9-4/h4,6H,2-3H2,1H3/t4-/m1/s1. The van der Waals surface area contributed by atoms with Crippen LogP contribution in [0.25, 0.3) is 0 Å². The lowest BCUT2D eigenvalue weighted by atomic mass is 10.6. The molecule has 52 valence electrons. The number of rotatable bonds is 1. The second-order valence-corrected chi connectivity index (χ2v) is 2.94. The Morgan fingerprint density at radius 2 is 2.67 bits per heavy atom. The number of hydrogen-bond acceptors (Lipinski definition) is 4. The van der Waals surface area contributed by atoms with Crippen molar-refractivity contribution in [3.63, 3.8) is 0 Å². The molecule has 1 N–H and O–H groups in total. The minimum atomic E-state index is -0.169. The Labute approximate surface area is 58.1 Å². The van der Waals surface area contributed by atoms with E-state index in [0.717, 1.165) is 12.3 Å². The Hall–Kier alpha value is -0.220. The van der Waals surface area contributed by atoms with E-state index in [4.69, 9.17) is 0 Å². The molecule has 1 heterocycles. The van der Waals surface area contributed by atoms with Crippen LogP contribution in [0.4, 0.5) is 0 Å². The Kier molecular flexibility index (Phi) is 2.36. The molecule has 0 aromatic rings. The average Bonchev–Trinajstić information content (AvgIpc) is 2.37. The van der Waals surface area contributed by atoms with E-state index in [2.05, 4.69) is 10.1 Å². The van der Waals surface area contributed by atoms with Crippen molar-refractivity contribution in [3.8, 4) is 0 Å². The average molecular weight is 147 g/mol. The molecular weight excluding hydrogens is 138 g/mol. The van der Waals surface area contributed by atoms with Crippen LogP contribution in [0.3, 0.4) is 0 Å². The van der Waals surface area contributed by atoms with Gasteiger partial charge in [0.15, 0.2) is 5.37 Å². The molecule has 1 aliphatic rings. The maximum Gasteiger partial charge on any atom is 0.333 e. The lowest BCUT2D eigenvalue weighted by Gasteiger charge is -2.04. The molecule has 0 aromatic heterocycles. The van der Waals surface area contributed by atoms with Crippen LogP contribution in [0.2, 0.25) is 0 Å². The highest BCUT2D eigenvalue weighted by Crippen LogP contribution is 2.13. The highest BCUT2D eigenvalue weighted by Gasteiger charge is 2.22. The van der Waals surface area contributed by atoms with Crippen LogP contribution < -0.4 is 5.32 Å². The van der Waals surface area contributed by atoms with E-state index in [1.165, 1.54) is 7.11 Å². The number of methoxy groups -OCH3 is 1. The molecule has 0 bridgehead atoms. The van der Waals surface area contributed by atoms with Crippen molar-refractivity contribution in [2.24, 2.45) is 0 Å². The molecule has 9 heavy (non-hydrogen) atoms. The minimum absolute atomic E-state index is 0.116. The van der Waals surface area contributed by atoms with Crippen LogP contribution in [-0.2, 0) is 9.53 Å². The third kappa shape index (κ3) is 1.59. The summed E-state index contributed by atoms with van der Waals surface area (Å²) < 4.78 is 4.51. The normalized spacial score (nSPS) is 26.1. The molecule has 0 amide bonds. The number of nitrogens with one attached hydrogen (secondary N) is 1. The summed E-state index contributed by atoms with van der Waals surface area (Å²) in [6.07, 6.45) is 0. The first kappa shape index (κ1) is 6.89. The topological polar surface area (TPSA) is 38.3 Å². The Bertz CT molecular complexity index is 112. The summed E-state index contributed by atoms with van der Waals surface area (Å²) in [6.45, 7) is 0.907. The zero-order valence-electron chi connectivity index (χ0n) is 5.22. The zero-order valence-corrected chi connectivity index (χ0v) is 6.03. The van der Waals surface area contributed by atoms with Gasteiger partial charge in [0.25, 0.3) is 0 Å². The van der Waals surface area contributed by atoms with Crippen LogP contribution in [0.1, 0.15) is 0 Å². The fraction of sp³-hybridized carbons (Fsp3) is 0.800. The predicted octanol–water partition coefficient (Wildman–Crippen LogP) is -0.178. The summed E-state index contributed by atoms with van der Waals surface area (Å²) in [4.78, 5) is 10.7. The van der Waals surface area contributed by atoms with Gasteiger partial charge < -0.3 is 4.74 Å². The third-order valence-corrected chi connectivity index (χ3v) is 2.26. The summed E-state index contributed by atoms with van der Waals surface area (Å²) in [5.74, 6) is 0.831. The van der Waals surface area contributed by atoms with Gasteiger partial charge in [-0.3, -0.25) is 5.32 Å². The van der Waals surface area contributed by atoms with Gasteiger partial charge in [-0.25, -0.2) is 4.79 Å². The number of esters is 1. The van der Waals surface area contributed by atoms with Gasteiger partial charge in [-0.05, 0) is 0 Å². The molecule has 0 unspecified atom stereocenters. The van der Waals surface area contributed by atoms with Gasteiger partial charge in [-0.15, -0.1) is 11.8 Å². The minimum Gasteiger partial charge on any atom is -0.467 e. The first-order valence-corrected chi connectivity index (χ1v) is 3.82. The van der Waals surface area contributed by atoms with Gasteiger partial charge in [0.1, 0.15) is 0 Å². The summed E-state index contributed by atoms with van der Waals surface area (Å²) >= 11 is 1.59. The molecule has 3 nitrogen and oxygen atoms in total. The van der Waals surface area contributed by atoms with E-state index in [0.29, 0.717) is 0 Å². The SMILES string of the molecule is COC(=O)[C@@H]1NCCS1. The van der Waals surface area contributed by atoms with Gasteiger partial charge in [-0.1, -0.05) is 0 Å². The highest BCUT2D eigenvalue weighted by atomic mass is 32.2.